The number of benzene rings is 1. The van der Waals surface area contributed by atoms with Gasteiger partial charge in [0.2, 0.25) is 0 Å². The van der Waals surface area contributed by atoms with Crippen LogP contribution in [0.1, 0.15) is 25.3 Å². The van der Waals surface area contributed by atoms with Crippen molar-refractivity contribution in [1.29, 1.82) is 0 Å². The van der Waals surface area contributed by atoms with Gasteiger partial charge in [0.25, 0.3) is 0 Å². The minimum absolute atomic E-state index is 0.379. The molecule has 1 aromatic carbocycles. The first-order chi connectivity index (χ1) is 13.7. The lowest BCUT2D eigenvalue weighted by molar-refractivity contribution is 0.183. The first-order valence-corrected chi connectivity index (χ1v) is 10.2. The van der Waals surface area contributed by atoms with Gasteiger partial charge < -0.3 is 20.6 Å². The maximum Gasteiger partial charge on any atom is 0.191 e. The molecule has 1 fully saturated rings. The van der Waals surface area contributed by atoms with Crippen LogP contribution in [0.5, 0.6) is 0 Å². The Hall–Kier alpha value is -2.60. The van der Waals surface area contributed by atoms with Crippen LogP contribution in [-0.4, -0.2) is 54.4 Å². The standard InChI is InChI=1S/C22H31N5O/c1-2-23-22(25-17-20(28)16-18-8-4-3-5-9-18)26-19-11-14-27(15-12-19)21-10-6-7-13-24-21/h3-10,13,19-20,28H,2,11-12,14-17H2,1H3,(H2,23,25,26). The van der Waals surface area contributed by atoms with E-state index < -0.39 is 6.10 Å². The molecule has 1 aromatic heterocycles. The third-order valence-electron chi connectivity index (χ3n) is 4.93. The van der Waals surface area contributed by atoms with Crippen molar-refractivity contribution in [3.05, 3.63) is 60.3 Å². The monoisotopic (exact) mass is 381 g/mol. The summed E-state index contributed by atoms with van der Waals surface area (Å²) in [6.45, 7) is 5.20. The summed E-state index contributed by atoms with van der Waals surface area (Å²) in [5.74, 6) is 1.83. The first-order valence-electron chi connectivity index (χ1n) is 10.2. The predicted octanol–water partition coefficient (Wildman–Crippen LogP) is 2.21. The van der Waals surface area contributed by atoms with Crippen molar-refractivity contribution in [3.8, 4) is 0 Å². The third-order valence-corrected chi connectivity index (χ3v) is 4.93. The van der Waals surface area contributed by atoms with Crippen molar-refractivity contribution in [2.75, 3.05) is 31.1 Å². The van der Waals surface area contributed by atoms with Crippen molar-refractivity contribution in [2.45, 2.75) is 38.3 Å². The van der Waals surface area contributed by atoms with Gasteiger partial charge in [-0.2, -0.15) is 0 Å². The summed E-state index contributed by atoms with van der Waals surface area (Å²) >= 11 is 0. The fraction of sp³-hybridized carbons (Fsp3) is 0.455. The molecule has 0 aliphatic carbocycles. The van der Waals surface area contributed by atoms with E-state index in [4.69, 9.17) is 0 Å². The lowest BCUT2D eigenvalue weighted by Gasteiger charge is -2.33. The van der Waals surface area contributed by atoms with E-state index in [0.29, 0.717) is 19.0 Å². The van der Waals surface area contributed by atoms with Gasteiger partial charge in [0.05, 0.1) is 12.6 Å². The van der Waals surface area contributed by atoms with E-state index >= 15 is 0 Å². The van der Waals surface area contributed by atoms with Crippen LogP contribution in [0.15, 0.2) is 59.7 Å². The Kier molecular flexibility index (Phi) is 7.67. The maximum absolute atomic E-state index is 10.3. The van der Waals surface area contributed by atoms with Gasteiger partial charge in [-0.25, -0.2) is 4.98 Å². The Morgan fingerprint density at radius 2 is 1.93 bits per heavy atom. The Morgan fingerprint density at radius 1 is 1.18 bits per heavy atom. The summed E-state index contributed by atoms with van der Waals surface area (Å²) in [4.78, 5) is 11.4. The number of guanidine groups is 1. The van der Waals surface area contributed by atoms with Crippen molar-refractivity contribution in [1.82, 2.24) is 15.6 Å². The number of aliphatic hydroxyl groups is 1. The van der Waals surface area contributed by atoms with Crippen LogP contribution in [0.2, 0.25) is 0 Å². The zero-order valence-electron chi connectivity index (χ0n) is 16.6. The summed E-state index contributed by atoms with van der Waals surface area (Å²) in [7, 11) is 0. The van der Waals surface area contributed by atoms with Crippen LogP contribution in [0.4, 0.5) is 5.82 Å². The maximum atomic E-state index is 10.3. The Bertz CT molecular complexity index is 714. The number of aromatic nitrogens is 1. The normalized spacial score (nSPS) is 16.6. The molecule has 1 saturated heterocycles. The smallest absolute Gasteiger partial charge is 0.191 e. The zero-order chi connectivity index (χ0) is 19.6. The molecule has 1 aliphatic heterocycles. The number of rotatable bonds is 7. The summed E-state index contributed by atoms with van der Waals surface area (Å²) in [6, 6.07) is 16.5. The van der Waals surface area contributed by atoms with E-state index in [1.807, 2.05) is 48.7 Å². The quantitative estimate of drug-likeness (QED) is 0.507. The molecule has 0 bridgehead atoms. The number of aliphatic imine (C=N–C) groups is 1. The summed E-state index contributed by atoms with van der Waals surface area (Å²) in [6.07, 6.45) is 4.05. The highest BCUT2D eigenvalue weighted by atomic mass is 16.3. The molecular weight excluding hydrogens is 350 g/mol. The number of anilines is 1. The van der Waals surface area contributed by atoms with Crippen LogP contribution in [-0.2, 0) is 6.42 Å². The average Bonchev–Trinajstić information content (AvgIpc) is 2.74. The highest BCUT2D eigenvalue weighted by Crippen LogP contribution is 2.17. The molecule has 1 aliphatic rings. The summed E-state index contributed by atoms with van der Waals surface area (Å²) in [5.41, 5.74) is 1.13. The molecule has 1 atom stereocenters. The Labute approximate surface area is 167 Å². The van der Waals surface area contributed by atoms with E-state index in [1.165, 1.54) is 0 Å². The minimum Gasteiger partial charge on any atom is -0.391 e. The van der Waals surface area contributed by atoms with Gasteiger partial charge in [-0.15, -0.1) is 0 Å². The first kappa shape index (κ1) is 20.1. The van der Waals surface area contributed by atoms with Gasteiger partial charge >= 0.3 is 0 Å². The fourth-order valence-corrected chi connectivity index (χ4v) is 3.45. The third kappa shape index (κ3) is 6.23. The lowest BCUT2D eigenvalue weighted by Crippen LogP contribution is -2.49. The zero-order valence-corrected chi connectivity index (χ0v) is 16.6. The van der Waals surface area contributed by atoms with E-state index in [1.54, 1.807) is 0 Å². The summed E-state index contributed by atoms with van der Waals surface area (Å²) in [5, 5.41) is 17.1. The number of pyridine rings is 1. The van der Waals surface area contributed by atoms with Gasteiger partial charge in [0, 0.05) is 38.3 Å². The topological polar surface area (TPSA) is 72.8 Å². The molecule has 0 saturated carbocycles. The molecule has 3 N–H and O–H groups in total. The summed E-state index contributed by atoms with van der Waals surface area (Å²) < 4.78 is 0. The van der Waals surface area contributed by atoms with Gasteiger partial charge in [-0.1, -0.05) is 36.4 Å². The molecule has 6 heteroatoms. The molecule has 3 rings (SSSR count). The van der Waals surface area contributed by atoms with Crippen LogP contribution in [0.25, 0.3) is 0 Å². The number of aliphatic hydroxyl groups excluding tert-OH is 1. The van der Waals surface area contributed by atoms with Crippen LogP contribution in [0, 0.1) is 0 Å². The lowest BCUT2D eigenvalue weighted by atomic mass is 10.1. The highest BCUT2D eigenvalue weighted by molar-refractivity contribution is 5.80. The van der Waals surface area contributed by atoms with Gasteiger partial charge in [0.1, 0.15) is 5.82 Å². The molecule has 2 heterocycles. The van der Waals surface area contributed by atoms with E-state index in [-0.39, 0.29) is 0 Å². The van der Waals surface area contributed by atoms with E-state index in [9.17, 15) is 5.11 Å². The fourth-order valence-electron chi connectivity index (χ4n) is 3.45. The number of nitrogens with one attached hydrogen (secondary N) is 2. The number of nitrogens with zero attached hydrogens (tertiary/aromatic N) is 3. The SMILES string of the molecule is CCNC(=NCC(O)Cc1ccccc1)NC1CCN(c2ccccn2)CC1. The minimum atomic E-state index is -0.483. The van der Waals surface area contributed by atoms with Gasteiger partial charge in [-0.05, 0) is 37.5 Å². The average molecular weight is 382 g/mol. The van der Waals surface area contributed by atoms with Crippen LogP contribution >= 0.6 is 0 Å². The van der Waals surface area contributed by atoms with Crippen LogP contribution in [0.3, 0.4) is 0 Å². The molecular formula is C22H31N5O. The van der Waals surface area contributed by atoms with Crippen molar-refractivity contribution in [3.63, 3.8) is 0 Å². The number of piperidine rings is 1. The van der Waals surface area contributed by atoms with Gasteiger partial charge in [0.15, 0.2) is 5.96 Å². The molecule has 28 heavy (non-hydrogen) atoms. The number of hydrogen-bond acceptors (Lipinski definition) is 4. The second-order valence-electron chi connectivity index (χ2n) is 7.16. The molecule has 0 radical (unpaired) electrons. The van der Waals surface area contributed by atoms with E-state index in [0.717, 1.165) is 49.8 Å². The predicted molar refractivity (Wildman–Crippen MR) is 115 cm³/mol. The van der Waals surface area contributed by atoms with Gasteiger partial charge in [-0.3, -0.25) is 4.99 Å². The second kappa shape index (κ2) is 10.7. The molecule has 1 unspecified atom stereocenters. The molecule has 6 nitrogen and oxygen atoms in total. The molecule has 2 aromatic rings. The molecule has 0 spiro atoms. The van der Waals surface area contributed by atoms with Crippen molar-refractivity contribution < 1.29 is 5.11 Å². The van der Waals surface area contributed by atoms with Crippen LogP contribution < -0.4 is 15.5 Å². The second-order valence-corrected chi connectivity index (χ2v) is 7.16. The Balaban J connectivity index is 1.48. The Morgan fingerprint density at radius 3 is 2.61 bits per heavy atom. The molecule has 150 valence electrons. The van der Waals surface area contributed by atoms with Crippen molar-refractivity contribution in [2.24, 2.45) is 4.99 Å². The number of hydrogen-bond donors (Lipinski definition) is 3. The van der Waals surface area contributed by atoms with Crippen molar-refractivity contribution >= 4 is 11.8 Å². The largest absolute Gasteiger partial charge is 0.391 e. The molecule has 0 amide bonds. The highest BCUT2D eigenvalue weighted by Gasteiger charge is 2.20. The van der Waals surface area contributed by atoms with E-state index in [2.05, 4.69) is 38.5 Å².